The Morgan fingerprint density at radius 3 is 1.79 bits per heavy atom. The quantitative estimate of drug-likeness (QED) is 0.478. The molecule has 10 nitrogen and oxygen atoms in total. The molecular formula is C19H11N5O5. The molecule has 0 spiro atoms. The predicted octanol–water partition coefficient (Wildman–Crippen LogP) is 3.02. The summed E-state index contributed by atoms with van der Waals surface area (Å²) >= 11 is 0. The largest absolute Gasteiger partial charge is 0.447 e. The summed E-state index contributed by atoms with van der Waals surface area (Å²) in [6.45, 7) is 0. The summed E-state index contributed by atoms with van der Waals surface area (Å²) in [7, 11) is 1.24. The lowest BCUT2D eigenvalue weighted by Crippen LogP contribution is -2.22. The van der Waals surface area contributed by atoms with E-state index in [0.717, 1.165) is 4.68 Å². The van der Waals surface area contributed by atoms with Crippen molar-refractivity contribution in [1.82, 2.24) is 9.78 Å². The number of ether oxygens (including phenoxy) is 2. The second kappa shape index (κ2) is 7.90. The van der Waals surface area contributed by atoms with Crippen molar-refractivity contribution in [3.63, 3.8) is 0 Å². The van der Waals surface area contributed by atoms with Gasteiger partial charge in [0.25, 0.3) is 5.75 Å². The molecule has 0 aliphatic rings. The zero-order valence-corrected chi connectivity index (χ0v) is 14.9. The third kappa shape index (κ3) is 4.02. The van der Waals surface area contributed by atoms with Gasteiger partial charge in [0, 0.05) is 0 Å². The fourth-order valence-corrected chi connectivity index (χ4v) is 2.31. The van der Waals surface area contributed by atoms with Crippen molar-refractivity contribution >= 4 is 5.82 Å². The van der Waals surface area contributed by atoms with Crippen LogP contribution in [-0.4, -0.2) is 14.7 Å². The molecule has 0 atom stereocenters. The van der Waals surface area contributed by atoms with Crippen molar-refractivity contribution in [3.8, 4) is 35.1 Å². The SMILES string of the molecule is Cn1nc([N+](=O)[O-])c(Oc2ccc(C#N)cc2)c(Oc2ccc(C#N)cc2)c1=O. The Labute approximate surface area is 163 Å². The van der Waals surface area contributed by atoms with E-state index < -0.39 is 27.8 Å². The number of aryl methyl sites for hydroxylation is 1. The Hall–Kier alpha value is -4.70. The molecule has 0 aliphatic heterocycles. The van der Waals surface area contributed by atoms with E-state index in [1.54, 1.807) is 0 Å². The summed E-state index contributed by atoms with van der Waals surface area (Å²) in [4.78, 5) is 23.2. The van der Waals surface area contributed by atoms with Crippen LogP contribution >= 0.6 is 0 Å². The van der Waals surface area contributed by atoms with E-state index in [9.17, 15) is 14.9 Å². The summed E-state index contributed by atoms with van der Waals surface area (Å²) in [6.07, 6.45) is 0. The van der Waals surface area contributed by atoms with E-state index in [1.807, 2.05) is 12.1 Å². The number of hydrogen-bond donors (Lipinski definition) is 0. The summed E-state index contributed by atoms with van der Waals surface area (Å²) < 4.78 is 11.9. The molecule has 1 heterocycles. The first-order valence-electron chi connectivity index (χ1n) is 8.04. The van der Waals surface area contributed by atoms with Crippen molar-refractivity contribution in [1.29, 1.82) is 10.5 Å². The van der Waals surface area contributed by atoms with Crippen molar-refractivity contribution in [2.24, 2.45) is 7.05 Å². The molecule has 0 unspecified atom stereocenters. The Balaban J connectivity index is 2.11. The standard InChI is InChI=1S/C19H11N5O5/c1-23-19(25)17(29-15-8-4-13(11-21)5-9-15)16(18(22-23)24(26)27)28-14-6-2-12(10-20)3-7-14/h2-9H,1H3. The number of benzene rings is 2. The molecule has 0 bridgehead atoms. The van der Waals surface area contributed by atoms with Gasteiger partial charge in [-0.25, -0.2) is 0 Å². The van der Waals surface area contributed by atoms with Gasteiger partial charge >= 0.3 is 11.4 Å². The molecule has 3 rings (SSSR count). The maximum atomic E-state index is 12.6. The summed E-state index contributed by atoms with van der Waals surface area (Å²) in [5.74, 6) is -1.33. The van der Waals surface area contributed by atoms with Crippen molar-refractivity contribution in [2.75, 3.05) is 0 Å². The first-order valence-corrected chi connectivity index (χ1v) is 8.04. The van der Waals surface area contributed by atoms with Gasteiger partial charge in [0.1, 0.15) is 11.5 Å². The van der Waals surface area contributed by atoms with Gasteiger partial charge in [-0.1, -0.05) is 0 Å². The maximum absolute atomic E-state index is 12.6. The van der Waals surface area contributed by atoms with Crippen LogP contribution < -0.4 is 15.0 Å². The minimum atomic E-state index is -0.802. The Morgan fingerprint density at radius 2 is 1.38 bits per heavy atom. The lowest BCUT2D eigenvalue weighted by Gasteiger charge is -2.12. The molecule has 2 aromatic carbocycles. The highest BCUT2D eigenvalue weighted by atomic mass is 16.6. The molecule has 29 heavy (non-hydrogen) atoms. The van der Waals surface area contributed by atoms with Gasteiger partial charge in [-0.15, -0.1) is 4.68 Å². The summed E-state index contributed by atoms with van der Waals surface area (Å²) in [6, 6.07) is 15.5. The highest BCUT2D eigenvalue weighted by Gasteiger charge is 2.29. The number of nitriles is 2. The summed E-state index contributed by atoms with van der Waals surface area (Å²) in [5, 5.41) is 32.9. The van der Waals surface area contributed by atoms with Crippen LogP contribution in [0.1, 0.15) is 11.1 Å². The van der Waals surface area contributed by atoms with E-state index >= 15 is 0 Å². The van der Waals surface area contributed by atoms with E-state index in [0.29, 0.717) is 11.1 Å². The van der Waals surface area contributed by atoms with Gasteiger partial charge in [0.2, 0.25) is 5.75 Å². The zero-order chi connectivity index (χ0) is 21.0. The van der Waals surface area contributed by atoms with Gasteiger partial charge in [-0.2, -0.15) is 10.5 Å². The second-order valence-corrected chi connectivity index (χ2v) is 5.64. The monoisotopic (exact) mass is 389 g/mol. The molecule has 0 aliphatic carbocycles. The first kappa shape index (κ1) is 19.1. The minimum absolute atomic E-state index is 0.145. The molecule has 0 radical (unpaired) electrons. The van der Waals surface area contributed by atoms with Crippen molar-refractivity contribution < 1.29 is 14.4 Å². The Kier molecular flexibility index (Phi) is 5.19. The fourth-order valence-electron chi connectivity index (χ4n) is 2.31. The van der Waals surface area contributed by atoms with Crippen LogP contribution in [0.25, 0.3) is 0 Å². The third-order valence-corrected chi connectivity index (χ3v) is 3.72. The van der Waals surface area contributed by atoms with E-state index in [4.69, 9.17) is 20.0 Å². The van der Waals surface area contributed by atoms with Crippen LogP contribution in [0, 0.1) is 32.8 Å². The average Bonchev–Trinajstić information content (AvgIpc) is 2.74. The molecule has 1 aromatic heterocycles. The van der Waals surface area contributed by atoms with Gasteiger partial charge in [-0.05, 0) is 53.5 Å². The highest BCUT2D eigenvalue weighted by molar-refractivity contribution is 5.53. The van der Waals surface area contributed by atoms with E-state index in [2.05, 4.69) is 5.10 Å². The molecule has 0 saturated heterocycles. The number of aromatic nitrogens is 2. The molecule has 0 fully saturated rings. The molecular weight excluding hydrogens is 378 g/mol. The first-order chi connectivity index (χ1) is 13.9. The second-order valence-electron chi connectivity index (χ2n) is 5.64. The van der Waals surface area contributed by atoms with Crippen LogP contribution in [0.3, 0.4) is 0 Å². The molecule has 0 amide bonds. The normalized spacial score (nSPS) is 9.90. The molecule has 142 valence electrons. The number of hydrogen-bond acceptors (Lipinski definition) is 8. The maximum Gasteiger partial charge on any atom is 0.435 e. The van der Waals surface area contributed by atoms with Gasteiger partial charge < -0.3 is 19.6 Å². The smallest absolute Gasteiger partial charge is 0.435 e. The van der Waals surface area contributed by atoms with Crippen LogP contribution in [0.4, 0.5) is 5.82 Å². The lowest BCUT2D eigenvalue weighted by atomic mass is 10.2. The molecule has 0 N–H and O–H groups in total. The van der Waals surface area contributed by atoms with E-state index in [-0.39, 0.29) is 11.5 Å². The van der Waals surface area contributed by atoms with Crippen molar-refractivity contribution in [2.45, 2.75) is 0 Å². The predicted molar refractivity (Wildman–Crippen MR) is 98.6 cm³/mol. The molecule has 0 saturated carbocycles. The summed E-state index contributed by atoms with van der Waals surface area (Å²) in [5.41, 5.74) is -0.0216. The van der Waals surface area contributed by atoms with Crippen molar-refractivity contribution in [3.05, 3.63) is 80.1 Å². The Morgan fingerprint density at radius 1 is 0.931 bits per heavy atom. The number of nitrogens with zero attached hydrogens (tertiary/aromatic N) is 5. The topological polar surface area (TPSA) is 144 Å². The zero-order valence-electron chi connectivity index (χ0n) is 14.9. The van der Waals surface area contributed by atoms with Crippen LogP contribution in [0.5, 0.6) is 23.0 Å². The number of rotatable bonds is 5. The average molecular weight is 389 g/mol. The van der Waals surface area contributed by atoms with Gasteiger partial charge in [0.05, 0.1) is 35.4 Å². The van der Waals surface area contributed by atoms with Crippen LogP contribution in [0.2, 0.25) is 0 Å². The fraction of sp³-hybridized carbons (Fsp3) is 0.0526. The van der Waals surface area contributed by atoms with E-state index in [1.165, 1.54) is 55.6 Å². The number of nitro groups is 1. The molecule has 3 aromatic rings. The van der Waals surface area contributed by atoms with Gasteiger partial charge in [-0.3, -0.25) is 4.79 Å². The van der Waals surface area contributed by atoms with Gasteiger partial charge in [0.15, 0.2) is 0 Å². The minimum Gasteiger partial charge on any atom is -0.447 e. The van der Waals surface area contributed by atoms with Crippen LogP contribution in [-0.2, 0) is 7.05 Å². The van der Waals surface area contributed by atoms with Crippen LogP contribution in [0.15, 0.2) is 53.3 Å². The molecule has 10 heteroatoms. The highest BCUT2D eigenvalue weighted by Crippen LogP contribution is 2.38. The Bertz CT molecular complexity index is 1220. The third-order valence-electron chi connectivity index (χ3n) is 3.72. The lowest BCUT2D eigenvalue weighted by molar-refractivity contribution is -0.391.